The van der Waals surface area contributed by atoms with Gasteiger partial charge in [0.2, 0.25) is 11.6 Å². The third-order valence-electron chi connectivity index (χ3n) is 2.74. The van der Waals surface area contributed by atoms with Crippen molar-refractivity contribution in [3.05, 3.63) is 36.0 Å². The first-order chi connectivity index (χ1) is 11.1. The molecule has 0 radical (unpaired) electrons. The van der Waals surface area contributed by atoms with E-state index in [1.54, 1.807) is 0 Å². The van der Waals surface area contributed by atoms with Gasteiger partial charge in [0.1, 0.15) is 0 Å². The van der Waals surface area contributed by atoms with E-state index < -0.39 is 22.5 Å². The third-order valence-corrected chi connectivity index (χ3v) is 3.06. The average Bonchev–Trinajstić information content (AvgIpc) is 3.16. The number of hydrogen-bond donors (Lipinski definition) is 0. The van der Waals surface area contributed by atoms with Gasteiger partial charge in [-0.2, -0.15) is 27.5 Å². The zero-order chi connectivity index (χ0) is 17.5. The van der Waals surface area contributed by atoms with E-state index in [-0.39, 0.29) is 11.6 Å². The molecule has 6 nitrogen and oxygen atoms in total. The molecule has 1 aromatic carbocycles. The van der Waals surface area contributed by atoms with Crippen LogP contribution in [0.25, 0.3) is 22.8 Å². The summed E-state index contributed by atoms with van der Waals surface area (Å²) in [6.45, 7) is 0. The van der Waals surface area contributed by atoms with E-state index >= 15 is 0 Å². The number of rotatable bonds is 4. The third kappa shape index (κ3) is 3.34. The number of hydrogen-bond acceptors (Lipinski definition) is 6. The highest BCUT2D eigenvalue weighted by molar-refractivity contribution is 6.21. The van der Waals surface area contributed by atoms with Gasteiger partial charge >= 0.3 is 22.5 Å². The first-order valence-corrected chi connectivity index (χ1v) is 6.83. The van der Waals surface area contributed by atoms with Crippen LogP contribution in [0.1, 0.15) is 11.8 Å². The molecule has 3 aromatic rings. The lowest BCUT2D eigenvalue weighted by Crippen LogP contribution is -2.03. The van der Waals surface area contributed by atoms with Crippen LogP contribution in [0.15, 0.2) is 33.3 Å². The second-order valence-corrected chi connectivity index (χ2v) is 5.37. The van der Waals surface area contributed by atoms with Crippen molar-refractivity contribution in [2.24, 2.45) is 0 Å². The summed E-state index contributed by atoms with van der Waals surface area (Å²) in [5.41, 5.74) is 0.641. The lowest BCUT2D eigenvalue weighted by atomic mass is 10.1. The van der Waals surface area contributed by atoms with Gasteiger partial charge in [0.05, 0.1) is 0 Å². The van der Waals surface area contributed by atoms with Crippen LogP contribution < -0.4 is 0 Å². The van der Waals surface area contributed by atoms with Gasteiger partial charge in [-0.25, -0.2) is 0 Å². The largest absolute Gasteiger partial charge is 0.400 e. The highest BCUT2D eigenvalue weighted by Gasteiger charge is 2.36. The highest BCUT2D eigenvalue weighted by atomic mass is 35.5. The Bertz CT molecular complexity index is 784. The van der Waals surface area contributed by atoms with Crippen molar-refractivity contribution in [1.29, 1.82) is 0 Å². The fraction of sp³-hybridized carbons (Fsp3) is 0.167. The topological polar surface area (TPSA) is 77.8 Å². The van der Waals surface area contributed by atoms with E-state index in [0.29, 0.717) is 11.1 Å². The SMILES string of the molecule is FC(F)(Cl)c1nc(-c2ccc(-c3noc(C(F)(F)Cl)n3)cc2)no1. The predicted molar refractivity (Wildman–Crippen MR) is 72.5 cm³/mol. The Morgan fingerprint density at radius 3 is 1.29 bits per heavy atom. The molecule has 0 bridgehead atoms. The molecular formula is C12H4Cl2F4N4O2. The minimum Gasteiger partial charge on any atom is -0.331 e. The molecule has 0 saturated heterocycles. The summed E-state index contributed by atoms with van der Waals surface area (Å²) in [5.74, 6) is -2.35. The van der Waals surface area contributed by atoms with Crippen LogP contribution in [0.2, 0.25) is 0 Å². The monoisotopic (exact) mass is 382 g/mol. The van der Waals surface area contributed by atoms with Crippen molar-refractivity contribution in [2.45, 2.75) is 10.8 Å². The van der Waals surface area contributed by atoms with Crippen LogP contribution in [0.5, 0.6) is 0 Å². The molecular weight excluding hydrogens is 379 g/mol. The summed E-state index contributed by atoms with van der Waals surface area (Å²) in [5, 5.41) is -0.808. The molecule has 0 atom stereocenters. The van der Waals surface area contributed by atoms with Gasteiger partial charge in [-0.05, 0) is 23.2 Å². The van der Waals surface area contributed by atoms with Crippen molar-refractivity contribution in [3.63, 3.8) is 0 Å². The molecule has 3 rings (SSSR count). The van der Waals surface area contributed by atoms with E-state index in [4.69, 9.17) is 23.2 Å². The first-order valence-electron chi connectivity index (χ1n) is 6.07. The fourth-order valence-corrected chi connectivity index (χ4v) is 1.83. The average molecular weight is 383 g/mol. The van der Waals surface area contributed by atoms with Crippen molar-refractivity contribution in [3.8, 4) is 22.8 Å². The van der Waals surface area contributed by atoms with Crippen molar-refractivity contribution in [2.75, 3.05) is 0 Å². The maximum absolute atomic E-state index is 12.8. The number of alkyl halides is 6. The molecule has 0 N–H and O–H groups in total. The van der Waals surface area contributed by atoms with Gasteiger partial charge in [-0.15, -0.1) is 0 Å². The number of aromatic nitrogens is 4. The summed E-state index contributed by atoms with van der Waals surface area (Å²) in [4.78, 5) is 6.93. The molecule has 24 heavy (non-hydrogen) atoms. The molecule has 126 valence electrons. The van der Waals surface area contributed by atoms with E-state index in [0.717, 1.165) is 0 Å². The molecule has 0 spiro atoms. The Hall–Kier alpha value is -2.20. The Balaban J connectivity index is 1.86. The summed E-state index contributed by atoms with van der Waals surface area (Å²) in [7, 11) is 0. The van der Waals surface area contributed by atoms with Crippen molar-refractivity contribution < 1.29 is 26.6 Å². The molecule has 0 aliphatic rings. The molecule has 0 aliphatic heterocycles. The maximum atomic E-state index is 12.8. The van der Waals surface area contributed by atoms with Gasteiger partial charge in [0, 0.05) is 11.1 Å². The number of benzene rings is 1. The Morgan fingerprint density at radius 2 is 1.04 bits per heavy atom. The molecule has 12 heteroatoms. The Morgan fingerprint density at radius 1 is 0.708 bits per heavy atom. The van der Waals surface area contributed by atoms with Gasteiger partial charge in [0.15, 0.2) is 0 Å². The number of halogens is 6. The van der Waals surface area contributed by atoms with E-state index in [1.165, 1.54) is 24.3 Å². The second kappa shape index (κ2) is 5.71. The lowest BCUT2D eigenvalue weighted by Gasteiger charge is -1.99. The quantitative estimate of drug-likeness (QED) is 0.492. The summed E-state index contributed by atoms with van der Waals surface area (Å²) < 4.78 is 60.1. The molecule has 2 aromatic heterocycles. The maximum Gasteiger partial charge on any atom is 0.400 e. The smallest absolute Gasteiger partial charge is 0.331 e. The predicted octanol–water partition coefficient (Wildman–Crippen LogP) is 4.36. The molecule has 0 aliphatic carbocycles. The summed E-state index contributed by atoms with van der Waals surface area (Å²) in [6, 6.07) is 5.69. The Labute approximate surface area is 140 Å². The molecule has 0 unspecified atom stereocenters. The van der Waals surface area contributed by atoms with Gasteiger partial charge in [-0.1, -0.05) is 34.6 Å². The second-order valence-electron chi connectivity index (χ2n) is 4.42. The van der Waals surface area contributed by atoms with Crippen LogP contribution in [-0.4, -0.2) is 20.3 Å². The number of nitrogens with zero attached hydrogens (tertiary/aromatic N) is 4. The van der Waals surface area contributed by atoms with Crippen LogP contribution in [0.3, 0.4) is 0 Å². The van der Waals surface area contributed by atoms with Crippen molar-refractivity contribution >= 4 is 23.2 Å². The minimum atomic E-state index is -3.78. The summed E-state index contributed by atoms with van der Waals surface area (Å²) in [6.07, 6.45) is 0. The standard InChI is InChI=1S/C12H4Cl2F4N4O2/c13-11(15,16)9-19-7(21-23-9)5-1-2-6(4-3-5)8-20-10(24-22-8)12(14,17)18/h1-4H. The molecule has 0 amide bonds. The zero-order valence-corrected chi connectivity index (χ0v) is 12.7. The zero-order valence-electron chi connectivity index (χ0n) is 11.2. The van der Waals surface area contributed by atoms with E-state index in [2.05, 4.69) is 29.3 Å². The molecule has 0 fully saturated rings. The van der Waals surface area contributed by atoms with Crippen molar-refractivity contribution in [1.82, 2.24) is 20.3 Å². The van der Waals surface area contributed by atoms with E-state index in [1.807, 2.05) is 0 Å². The minimum absolute atomic E-state index is 0.127. The Kier molecular flexibility index (Phi) is 3.96. The summed E-state index contributed by atoms with van der Waals surface area (Å²) >= 11 is 9.55. The molecule has 0 saturated carbocycles. The van der Waals surface area contributed by atoms with E-state index in [9.17, 15) is 17.6 Å². The van der Waals surface area contributed by atoms with Crippen LogP contribution in [-0.2, 0) is 10.8 Å². The van der Waals surface area contributed by atoms with Gasteiger partial charge in [0.25, 0.3) is 0 Å². The van der Waals surface area contributed by atoms with Crippen LogP contribution >= 0.6 is 23.2 Å². The highest BCUT2D eigenvalue weighted by Crippen LogP contribution is 2.33. The normalized spacial score (nSPS) is 12.6. The van der Waals surface area contributed by atoms with Gasteiger partial charge < -0.3 is 9.05 Å². The molecule has 2 heterocycles. The lowest BCUT2D eigenvalue weighted by molar-refractivity contribution is 0.0547. The first kappa shape index (κ1) is 16.7. The van der Waals surface area contributed by atoms with Crippen LogP contribution in [0.4, 0.5) is 17.6 Å². The fourth-order valence-electron chi connectivity index (χ4n) is 1.68. The van der Waals surface area contributed by atoms with Crippen LogP contribution in [0, 0.1) is 0 Å². The van der Waals surface area contributed by atoms with Gasteiger partial charge in [-0.3, -0.25) is 0 Å².